The molecule has 1 unspecified atom stereocenters. The number of nitrogens with one attached hydrogen (secondary N) is 1. The molecule has 1 aliphatic rings. The van der Waals surface area contributed by atoms with Crippen molar-refractivity contribution in [2.24, 2.45) is 5.73 Å². The molecular weight excluding hydrogens is 294 g/mol. The number of benzene rings is 1. The number of thioether (sulfide) groups is 1. The van der Waals surface area contributed by atoms with Crippen molar-refractivity contribution >= 4 is 27.4 Å². The van der Waals surface area contributed by atoms with Crippen LogP contribution in [-0.2, 0) is 16.4 Å². The predicted molar refractivity (Wildman–Crippen MR) is 83.8 cm³/mol. The third-order valence-electron chi connectivity index (χ3n) is 3.37. The summed E-state index contributed by atoms with van der Waals surface area (Å²) < 4.78 is 23.8. The normalized spacial score (nSPS) is 20.8. The Morgan fingerprint density at radius 3 is 2.85 bits per heavy atom. The van der Waals surface area contributed by atoms with Crippen LogP contribution < -0.4 is 5.73 Å². The van der Waals surface area contributed by atoms with E-state index in [2.05, 4.69) is 0 Å². The highest BCUT2D eigenvalue weighted by Gasteiger charge is 2.31. The van der Waals surface area contributed by atoms with E-state index in [1.807, 2.05) is 23.1 Å². The van der Waals surface area contributed by atoms with Gasteiger partial charge in [0.1, 0.15) is 11.2 Å². The average molecular weight is 313 g/mol. The molecule has 7 heteroatoms. The zero-order valence-corrected chi connectivity index (χ0v) is 13.0. The van der Waals surface area contributed by atoms with Gasteiger partial charge < -0.3 is 5.73 Å². The van der Waals surface area contributed by atoms with E-state index in [0.717, 1.165) is 17.9 Å². The van der Waals surface area contributed by atoms with Gasteiger partial charge in [0.15, 0.2) is 9.84 Å². The SMILES string of the molecule is CS(=O)(=O)C1CSCCN1Cc1ccccc1C(=N)N. The fourth-order valence-electron chi connectivity index (χ4n) is 2.33. The Morgan fingerprint density at radius 1 is 1.50 bits per heavy atom. The molecule has 0 bridgehead atoms. The van der Waals surface area contributed by atoms with Gasteiger partial charge in [0, 0.05) is 36.4 Å². The van der Waals surface area contributed by atoms with Crippen molar-refractivity contribution in [2.75, 3.05) is 24.3 Å². The first-order valence-corrected chi connectivity index (χ1v) is 9.43. The van der Waals surface area contributed by atoms with Gasteiger partial charge in [-0.15, -0.1) is 0 Å². The Kier molecular flexibility index (Phi) is 4.72. The van der Waals surface area contributed by atoms with Gasteiger partial charge in [0.05, 0.1) is 0 Å². The molecule has 0 radical (unpaired) electrons. The molecule has 1 aromatic carbocycles. The maximum atomic E-state index is 11.9. The summed E-state index contributed by atoms with van der Waals surface area (Å²) in [7, 11) is -3.11. The molecule has 1 saturated heterocycles. The minimum atomic E-state index is -3.11. The van der Waals surface area contributed by atoms with Gasteiger partial charge in [0.2, 0.25) is 0 Å². The summed E-state index contributed by atoms with van der Waals surface area (Å²) in [5, 5.41) is 7.15. The predicted octanol–water partition coefficient (Wildman–Crippen LogP) is 0.890. The van der Waals surface area contributed by atoms with Crippen LogP contribution in [0.1, 0.15) is 11.1 Å². The highest BCUT2D eigenvalue weighted by Crippen LogP contribution is 2.23. The van der Waals surface area contributed by atoms with Crippen molar-refractivity contribution in [1.29, 1.82) is 5.41 Å². The monoisotopic (exact) mass is 313 g/mol. The first-order valence-electron chi connectivity index (χ1n) is 6.32. The molecule has 1 aromatic rings. The fraction of sp³-hybridized carbons (Fsp3) is 0.462. The highest BCUT2D eigenvalue weighted by atomic mass is 32.2. The van der Waals surface area contributed by atoms with E-state index < -0.39 is 15.2 Å². The molecule has 0 aromatic heterocycles. The standard InChI is InChI=1S/C13H19N3O2S2/c1-20(17,18)12-9-19-7-6-16(12)8-10-4-2-3-5-11(10)13(14)15/h2-5,12H,6-9H2,1H3,(H3,14,15). The summed E-state index contributed by atoms with van der Waals surface area (Å²) in [6, 6.07) is 7.42. The molecule has 0 aliphatic carbocycles. The first-order chi connectivity index (χ1) is 9.39. The molecule has 0 amide bonds. The van der Waals surface area contributed by atoms with Crippen LogP contribution in [0.2, 0.25) is 0 Å². The van der Waals surface area contributed by atoms with Crippen molar-refractivity contribution in [1.82, 2.24) is 4.90 Å². The van der Waals surface area contributed by atoms with Gasteiger partial charge in [0.25, 0.3) is 0 Å². The van der Waals surface area contributed by atoms with E-state index in [4.69, 9.17) is 11.1 Å². The van der Waals surface area contributed by atoms with E-state index in [9.17, 15) is 8.42 Å². The molecule has 110 valence electrons. The smallest absolute Gasteiger partial charge is 0.164 e. The van der Waals surface area contributed by atoms with Crippen LogP contribution in [0.5, 0.6) is 0 Å². The maximum absolute atomic E-state index is 11.9. The number of nitrogens with two attached hydrogens (primary N) is 1. The van der Waals surface area contributed by atoms with E-state index in [1.165, 1.54) is 6.26 Å². The minimum absolute atomic E-state index is 0.0166. The van der Waals surface area contributed by atoms with Gasteiger partial charge in [-0.3, -0.25) is 10.3 Å². The lowest BCUT2D eigenvalue weighted by atomic mass is 10.1. The van der Waals surface area contributed by atoms with E-state index in [-0.39, 0.29) is 5.84 Å². The summed E-state index contributed by atoms with van der Waals surface area (Å²) in [4.78, 5) is 1.97. The first kappa shape index (κ1) is 15.3. The molecule has 2 rings (SSSR count). The molecular formula is C13H19N3O2S2. The highest BCUT2D eigenvalue weighted by molar-refractivity contribution is 8.00. The van der Waals surface area contributed by atoms with E-state index >= 15 is 0 Å². The lowest BCUT2D eigenvalue weighted by Crippen LogP contribution is -2.46. The summed E-state index contributed by atoms with van der Waals surface area (Å²) in [6.07, 6.45) is 1.29. The van der Waals surface area contributed by atoms with Gasteiger partial charge >= 0.3 is 0 Å². The number of hydrogen-bond donors (Lipinski definition) is 2. The second kappa shape index (κ2) is 6.15. The number of hydrogen-bond acceptors (Lipinski definition) is 5. The van der Waals surface area contributed by atoms with E-state index in [0.29, 0.717) is 17.9 Å². The minimum Gasteiger partial charge on any atom is -0.384 e. The molecule has 1 atom stereocenters. The zero-order valence-electron chi connectivity index (χ0n) is 11.4. The van der Waals surface area contributed by atoms with Gasteiger partial charge in [-0.05, 0) is 5.56 Å². The lowest BCUT2D eigenvalue weighted by molar-refractivity contribution is 0.262. The Bertz CT molecular complexity index is 601. The van der Waals surface area contributed by atoms with Crippen LogP contribution in [0.4, 0.5) is 0 Å². The number of nitrogens with zero attached hydrogens (tertiary/aromatic N) is 1. The molecule has 1 aliphatic heterocycles. The quantitative estimate of drug-likeness (QED) is 0.637. The van der Waals surface area contributed by atoms with Gasteiger partial charge in [-0.2, -0.15) is 11.8 Å². The van der Waals surface area contributed by atoms with Crippen molar-refractivity contribution < 1.29 is 8.42 Å². The lowest BCUT2D eigenvalue weighted by Gasteiger charge is -2.34. The van der Waals surface area contributed by atoms with Gasteiger partial charge in [-0.25, -0.2) is 8.42 Å². The Labute approximate surface area is 124 Å². The van der Waals surface area contributed by atoms with Crippen LogP contribution >= 0.6 is 11.8 Å². The average Bonchev–Trinajstić information content (AvgIpc) is 2.38. The summed E-state index contributed by atoms with van der Waals surface area (Å²) >= 11 is 1.67. The second-order valence-electron chi connectivity index (χ2n) is 4.90. The number of nitrogen functional groups attached to an aromatic ring is 1. The van der Waals surface area contributed by atoms with Crippen molar-refractivity contribution in [2.45, 2.75) is 11.9 Å². The third-order valence-corrected chi connectivity index (χ3v) is 6.05. The molecule has 20 heavy (non-hydrogen) atoms. The summed E-state index contributed by atoms with van der Waals surface area (Å²) in [5.41, 5.74) is 7.16. The van der Waals surface area contributed by atoms with Crippen LogP contribution in [0, 0.1) is 5.41 Å². The van der Waals surface area contributed by atoms with Crippen molar-refractivity contribution in [3.63, 3.8) is 0 Å². The molecule has 5 nitrogen and oxygen atoms in total. The molecule has 0 spiro atoms. The van der Waals surface area contributed by atoms with Crippen LogP contribution in [0.3, 0.4) is 0 Å². The van der Waals surface area contributed by atoms with E-state index in [1.54, 1.807) is 17.8 Å². The molecule has 1 fully saturated rings. The van der Waals surface area contributed by atoms with Gasteiger partial charge in [-0.1, -0.05) is 24.3 Å². The maximum Gasteiger partial charge on any atom is 0.164 e. The molecule has 0 saturated carbocycles. The number of amidine groups is 1. The number of rotatable bonds is 4. The fourth-order valence-corrected chi connectivity index (χ4v) is 5.27. The third kappa shape index (κ3) is 3.53. The topological polar surface area (TPSA) is 87.2 Å². The Morgan fingerprint density at radius 2 is 2.20 bits per heavy atom. The molecule has 3 N–H and O–H groups in total. The zero-order chi connectivity index (χ0) is 14.8. The largest absolute Gasteiger partial charge is 0.384 e. The van der Waals surface area contributed by atoms with Crippen LogP contribution in [0.15, 0.2) is 24.3 Å². The van der Waals surface area contributed by atoms with Crippen LogP contribution in [0.25, 0.3) is 0 Å². The Balaban J connectivity index is 2.26. The summed E-state index contributed by atoms with van der Waals surface area (Å²) in [5.74, 6) is 1.54. The molecule has 1 heterocycles. The van der Waals surface area contributed by atoms with Crippen molar-refractivity contribution in [3.05, 3.63) is 35.4 Å². The second-order valence-corrected chi connectivity index (χ2v) is 8.25. The Hall–Kier alpha value is -1.05. The summed E-state index contributed by atoms with van der Waals surface area (Å²) in [6.45, 7) is 1.24. The van der Waals surface area contributed by atoms with Crippen molar-refractivity contribution in [3.8, 4) is 0 Å². The van der Waals surface area contributed by atoms with Crippen LogP contribution in [-0.4, -0.2) is 48.8 Å². The number of sulfone groups is 1.